The van der Waals surface area contributed by atoms with E-state index >= 15 is 0 Å². The molecule has 0 saturated carbocycles. The van der Waals surface area contributed by atoms with Crippen molar-refractivity contribution >= 4 is 0 Å². The van der Waals surface area contributed by atoms with Crippen LogP contribution in [0.4, 0.5) is 4.39 Å². The first-order valence-electron chi connectivity index (χ1n) is 5.86. The third-order valence-electron chi connectivity index (χ3n) is 3.39. The molecule has 1 saturated heterocycles. The molecule has 0 aliphatic carbocycles. The summed E-state index contributed by atoms with van der Waals surface area (Å²) < 4.78 is 12.8. The molecule has 0 spiro atoms. The number of hydrogen-bond acceptors (Lipinski definition) is 2. The summed E-state index contributed by atoms with van der Waals surface area (Å²) in [6, 6.07) is 6.22. The number of halogens is 1. The van der Waals surface area contributed by atoms with E-state index in [1.807, 2.05) is 6.92 Å². The van der Waals surface area contributed by atoms with E-state index in [1.54, 1.807) is 12.1 Å². The second-order valence-electron chi connectivity index (χ2n) is 4.48. The first-order chi connectivity index (χ1) is 7.68. The van der Waals surface area contributed by atoms with Gasteiger partial charge in [0.15, 0.2) is 0 Å². The molecule has 0 amide bonds. The van der Waals surface area contributed by atoms with Gasteiger partial charge in [-0.1, -0.05) is 12.1 Å². The highest BCUT2D eigenvalue weighted by Gasteiger charge is 2.25. The minimum Gasteiger partial charge on any atom is -0.387 e. The van der Waals surface area contributed by atoms with E-state index in [0.29, 0.717) is 0 Å². The third kappa shape index (κ3) is 2.42. The van der Waals surface area contributed by atoms with Gasteiger partial charge < -0.3 is 5.11 Å². The van der Waals surface area contributed by atoms with Gasteiger partial charge in [0, 0.05) is 6.04 Å². The Morgan fingerprint density at radius 3 is 2.31 bits per heavy atom. The quantitative estimate of drug-likeness (QED) is 0.850. The number of rotatable bonds is 3. The van der Waals surface area contributed by atoms with Crippen molar-refractivity contribution in [2.45, 2.75) is 31.9 Å². The smallest absolute Gasteiger partial charge is 0.123 e. The molecule has 1 aliphatic rings. The van der Waals surface area contributed by atoms with Crippen LogP contribution in [-0.4, -0.2) is 29.1 Å². The molecule has 2 rings (SSSR count). The first-order valence-corrected chi connectivity index (χ1v) is 5.86. The molecule has 0 unspecified atom stereocenters. The zero-order valence-corrected chi connectivity index (χ0v) is 9.56. The van der Waals surface area contributed by atoms with Gasteiger partial charge in [-0.05, 0) is 50.6 Å². The Morgan fingerprint density at radius 1 is 1.19 bits per heavy atom. The molecular formula is C13H18FNO. The van der Waals surface area contributed by atoms with E-state index in [1.165, 1.54) is 25.0 Å². The Hall–Kier alpha value is -0.930. The standard InChI is InChI=1S/C13H18FNO/c1-10(15-8-2-3-9-15)13(16)11-4-6-12(14)7-5-11/h4-7,10,13,16H,2-3,8-9H2,1H3/t10-,13+/m0/s1. The van der Waals surface area contributed by atoms with Gasteiger partial charge in [-0.2, -0.15) is 0 Å². The van der Waals surface area contributed by atoms with E-state index in [-0.39, 0.29) is 11.9 Å². The van der Waals surface area contributed by atoms with E-state index in [9.17, 15) is 9.50 Å². The Labute approximate surface area is 95.7 Å². The molecule has 0 radical (unpaired) electrons. The molecule has 0 aromatic heterocycles. The number of nitrogens with zero attached hydrogens (tertiary/aromatic N) is 1. The third-order valence-corrected chi connectivity index (χ3v) is 3.39. The maximum atomic E-state index is 12.8. The van der Waals surface area contributed by atoms with E-state index in [4.69, 9.17) is 0 Å². The fourth-order valence-corrected chi connectivity index (χ4v) is 2.29. The van der Waals surface area contributed by atoms with Crippen molar-refractivity contribution in [1.82, 2.24) is 4.90 Å². The molecule has 1 fully saturated rings. The molecule has 1 aliphatic heterocycles. The lowest BCUT2D eigenvalue weighted by Gasteiger charge is -2.28. The highest BCUT2D eigenvalue weighted by atomic mass is 19.1. The van der Waals surface area contributed by atoms with Gasteiger partial charge in [0.2, 0.25) is 0 Å². The Balaban J connectivity index is 2.05. The van der Waals surface area contributed by atoms with E-state index in [0.717, 1.165) is 18.7 Å². The average molecular weight is 223 g/mol. The summed E-state index contributed by atoms with van der Waals surface area (Å²) in [7, 11) is 0. The summed E-state index contributed by atoms with van der Waals surface area (Å²) in [6.45, 7) is 4.14. The van der Waals surface area contributed by atoms with Gasteiger partial charge in [-0.3, -0.25) is 4.90 Å². The van der Waals surface area contributed by atoms with Crippen molar-refractivity contribution in [3.63, 3.8) is 0 Å². The second kappa shape index (κ2) is 4.93. The summed E-state index contributed by atoms with van der Waals surface area (Å²) in [6.07, 6.45) is 1.89. The fraction of sp³-hybridized carbons (Fsp3) is 0.538. The molecule has 2 atom stereocenters. The van der Waals surface area contributed by atoms with Crippen LogP contribution in [0.15, 0.2) is 24.3 Å². The molecule has 88 valence electrons. The fourth-order valence-electron chi connectivity index (χ4n) is 2.29. The predicted molar refractivity (Wildman–Crippen MR) is 61.6 cm³/mol. The zero-order chi connectivity index (χ0) is 11.5. The molecule has 1 heterocycles. The largest absolute Gasteiger partial charge is 0.387 e. The lowest BCUT2D eigenvalue weighted by atomic mass is 10.0. The topological polar surface area (TPSA) is 23.5 Å². The molecule has 2 nitrogen and oxygen atoms in total. The van der Waals surface area contributed by atoms with Gasteiger partial charge in [0.05, 0.1) is 6.10 Å². The Morgan fingerprint density at radius 2 is 1.75 bits per heavy atom. The van der Waals surface area contributed by atoms with Gasteiger partial charge in [0.1, 0.15) is 5.82 Å². The minimum atomic E-state index is -0.529. The van der Waals surface area contributed by atoms with Gasteiger partial charge in [0.25, 0.3) is 0 Å². The van der Waals surface area contributed by atoms with Crippen molar-refractivity contribution < 1.29 is 9.50 Å². The highest BCUT2D eigenvalue weighted by molar-refractivity contribution is 5.19. The Bertz CT molecular complexity index is 332. The summed E-state index contributed by atoms with van der Waals surface area (Å²) in [5, 5.41) is 10.2. The predicted octanol–water partition coefficient (Wildman–Crippen LogP) is 2.34. The van der Waals surface area contributed by atoms with Crippen LogP contribution in [0, 0.1) is 5.82 Å². The van der Waals surface area contributed by atoms with Gasteiger partial charge in [-0.15, -0.1) is 0 Å². The molecule has 1 aromatic rings. The molecule has 1 N–H and O–H groups in total. The minimum absolute atomic E-state index is 0.105. The normalized spacial score (nSPS) is 20.9. The van der Waals surface area contributed by atoms with Crippen LogP contribution in [-0.2, 0) is 0 Å². The lowest BCUT2D eigenvalue weighted by molar-refractivity contribution is 0.0715. The molecule has 1 aromatic carbocycles. The number of benzene rings is 1. The van der Waals surface area contributed by atoms with Crippen molar-refractivity contribution in [3.05, 3.63) is 35.6 Å². The molecular weight excluding hydrogens is 205 g/mol. The maximum absolute atomic E-state index is 12.8. The number of aliphatic hydroxyl groups excluding tert-OH is 1. The number of hydrogen-bond donors (Lipinski definition) is 1. The van der Waals surface area contributed by atoms with Crippen LogP contribution in [0.25, 0.3) is 0 Å². The van der Waals surface area contributed by atoms with Crippen molar-refractivity contribution in [2.75, 3.05) is 13.1 Å². The van der Waals surface area contributed by atoms with Crippen LogP contribution in [0.3, 0.4) is 0 Å². The second-order valence-corrected chi connectivity index (χ2v) is 4.48. The number of likely N-dealkylation sites (tertiary alicyclic amines) is 1. The summed E-state index contributed by atoms with van der Waals surface area (Å²) in [5.41, 5.74) is 0.792. The van der Waals surface area contributed by atoms with Crippen molar-refractivity contribution in [1.29, 1.82) is 0 Å². The average Bonchev–Trinajstić information content (AvgIpc) is 2.81. The molecule has 16 heavy (non-hydrogen) atoms. The summed E-state index contributed by atoms with van der Waals surface area (Å²) >= 11 is 0. The van der Waals surface area contributed by atoms with Crippen LogP contribution in [0.5, 0.6) is 0 Å². The van der Waals surface area contributed by atoms with Crippen LogP contribution in [0.1, 0.15) is 31.4 Å². The van der Waals surface area contributed by atoms with Crippen LogP contribution >= 0.6 is 0 Å². The van der Waals surface area contributed by atoms with E-state index < -0.39 is 6.10 Å². The molecule has 0 bridgehead atoms. The van der Waals surface area contributed by atoms with Crippen LogP contribution < -0.4 is 0 Å². The van der Waals surface area contributed by atoms with Crippen LogP contribution in [0.2, 0.25) is 0 Å². The van der Waals surface area contributed by atoms with Gasteiger partial charge >= 0.3 is 0 Å². The van der Waals surface area contributed by atoms with E-state index in [2.05, 4.69) is 4.90 Å². The van der Waals surface area contributed by atoms with Gasteiger partial charge in [-0.25, -0.2) is 4.39 Å². The highest BCUT2D eigenvalue weighted by Crippen LogP contribution is 2.23. The lowest BCUT2D eigenvalue weighted by Crippen LogP contribution is -2.35. The Kier molecular flexibility index (Phi) is 3.56. The van der Waals surface area contributed by atoms with Crippen molar-refractivity contribution in [3.8, 4) is 0 Å². The monoisotopic (exact) mass is 223 g/mol. The first kappa shape index (κ1) is 11.6. The molecule has 3 heteroatoms. The number of aliphatic hydroxyl groups is 1. The maximum Gasteiger partial charge on any atom is 0.123 e. The van der Waals surface area contributed by atoms with Crippen molar-refractivity contribution in [2.24, 2.45) is 0 Å². The zero-order valence-electron chi connectivity index (χ0n) is 9.56. The SMILES string of the molecule is C[C@@H]([C@@H](O)c1ccc(F)cc1)N1CCCC1. The summed E-state index contributed by atoms with van der Waals surface area (Å²) in [4.78, 5) is 2.29. The summed E-state index contributed by atoms with van der Waals surface area (Å²) in [5.74, 6) is -0.259.